The Morgan fingerprint density at radius 3 is 1.18 bits per heavy atom. The predicted molar refractivity (Wildman–Crippen MR) is 260 cm³/mol. The Balaban J connectivity index is 1.21. The van der Waals surface area contributed by atoms with Gasteiger partial charge in [-0.2, -0.15) is 13.5 Å². The number of allylic oxidation sites excluding steroid dienone is 2. The highest BCUT2D eigenvalue weighted by atomic mass is 16.5. The van der Waals surface area contributed by atoms with Crippen LogP contribution >= 0.6 is 0 Å². The summed E-state index contributed by atoms with van der Waals surface area (Å²) in [4.78, 5) is 6.89. The number of hydrogen-bond acceptors (Lipinski definition) is 9. The third-order valence-electron chi connectivity index (χ3n) is 13.2. The van der Waals surface area contributed by atoms with E-state index in [1.54, 1.807) is 0 Å². The van der Waals surface area contributed by atoms with E-state index in [0.717, 1.165) is 108 Å². The van der Waals surface area contributed by atoms with Crippen LogP contribution in [0.2, 0.25) is 0 Å². The molecule has 12 nitrogen and oxygen atoms in total. The molecule has 7 heterocycles. The number of benzene rings is 5. The van der Waals surface area contributed by atoms with Crippen LogP contribution in [0.5, 0.6) is 28.7 Å². The number of fused-ring (bicyclic) bond motifs is 12. The Morgan fingerprint density at radius 1 is 0.409 bits per heavy atom. The molecule has 4 aromatic heterocycles. The Morgan fingerprint density at radius 2 is 0.758 bits per heavy atom. The van der Waals surface area contributed by atoms with E-state index >= 15 is 0 Å². The van der Waals surface area contributed by atoms with Crippen LogP contribution in [0, 0.1) is 0 Å². The minimum atomic E-state index is -0.214. The van der Waals surface area contributed by atoms with Crippen molar-refractivity contribution in [2.75, 3.05) is 14.7 Å². The summed E-state index contributed by atoms with van der Waals surface area (Å²) >= 11 is 0. The topological polar surface area (TPSA) is 89.3 Å². The first-order chi connectivity index (χ1) is 32.3. The van der Waals surface area contributed by atoms with Crippen LogP contribution in [0.15, 0.2) is 146 Å². The number of anilines is 8. The van der Waals surface area contributed by atoms with E-state index in [2.05, 4.69) is 161 Å². The van der Waals surface area contributed by atoms with Crippen molar-refractivity contribution in [2.45, 2.75) is 71.4 Å². The van der Waals surface area contributed by atoms with Crippen LogP contribution in [0.3, 0.4) is 0 Å². The second-order valence-corrected chi connectivity index (χ2v) is 18.3. The lowest BCUT2D eigenvalue weighted by atomic mass is 9.98. The van der Waals surface area contributed by atoms with Crippen molar-refractivity contribution in [3.63, 3.8) is 0 Å². The molecule has 0 bridgehead atoms. The molecule has 12 heteroatoms. The monoisotopic (exact) mass is 869 g/mol. The minimum absolute atomic E-state index is 0.00115. The van der Waals surface area contributed by atoms with Gasteiger partial charge in [0.2, 0.25) is 0 Å². The number of hydrogen-bond donors (Lipinski definition) is 0. The van der Waals surface area contributed by atoms with Crippen molar-refractivity contribution < 1.29 is 14.2 Å². The van der Waals surface area contributed by atoms with E-state index in [-0.39, 0.29) is 29.9 Å². The Labute approximate surface area is 381 Å². The van der Waals surface area contributed by atoms with Gasteiger partial charge >= 0.3 is 0 Å². The molecule has 0 N–H and O–H groups in total. The summed E-state index contributed by atoms with van der Waals surface area (Å²) in [6.45, 7) is 13.5. The van der Waals surface area contributed by atoms with Crippen molar-refractivity contribution in [1.82, 2.24) is 28.8 Å². The molecule has 9 aromatic rings. The van der Waals surface area contributed by atoms with Gasteiger partial charge in [-0.15, -0.1) is 15.3 Å². The Hall–Kier alpha value is -7.99. The molecule has 5 aromatic carbocycles. The van der Waals surface area contributed by atoms with Gasteiger partial charge in [-0.1, -0.05) is 120 Å². The molecule has 0 fully saturated rings. The van der Waals surface area contributed by atoms with Gasteiger partial charge in [0, 0.05) is 16.7 Å². The fraction of sp³-hybridized carbons (Fsp3) is 0.204. The number of ether oxygens (including phenoxy) is 3. The summed E-state index contributed by atoms with van der Waals surface area (Å²) in [5, 5.41) is 17.4. The van der Waals surface area contributed by atoms with Crippen LogP contribution in [-0.4, -0.2) is 41.0 Å². The third kappa shape index (κ3) is 5.35. The summed E-state index contributed by atoms with van der Waals surface area (Å²) in [7, 11) is 0. The standard InChI is InChI=1S/C54H47N9O3/c1-31(2)46-49(58-34-19-7-13-25-40(34)64-41-26-14-8-20-35(41)58)55-61-52(46)62-54(47(32(3)4)50(56-62)59-36-21-9-15-27-42(36)65-43-28-16-10-22-37(43)59)63-53(61)48(33(5)6)51(57-63)60-38-23-11-17-29-44(38)66-45-30-18-12-24-39(45)60/h7-34,40H,1-6H3. The van der Waals surface area contributed by atoms with E-state index in [0.29, 0.717) is 0 Å². The quantitative estimate of drug-likeness (QED) is 0.162. The van der Waals surface area contributed by atoms with E-state index in [1.807, 2.05) is 54.6 Å². The van der Waals surface area contributed by atoms with Gasteiger partial charge < -0.3 is 19.1 Å². The molecule has 66 heavy (non-hydrogen) atoms. The highest BCUT2D eigenvalue weighted by Crippen LogP contribution is 2.55. The average Bonchev–Trinajstić information content (AvgIpc) is 4.04. The number of para-hydroxylation sites is 10. The first-order valence-electron chi connectivity index (χ1n) is 22.9. The summed E-state index contributed by atoms with van der Waals surface area (Å²) in [6, 6.07) is 40.9. The van der Waals surface area contributed by atoms with Gasteiger partial charge in [0.1, 0.15) is 11.9 Å². The van der Waals surface area contributed by atoms with Gasteiger partial charge in [-0.25, -0.2) is 0 Å². The van der Waals surface area contributed by atoms with E-state index in [9.17, 15) is 0 Å². The molecule has 326 valence electrons. The van der Waals surface area contributed by atoms with Crippen molar-refractivity contribution in [2.24, 2.45) is 0 Å². The summed E-state index contributed by atoms with van der Waals surface area (Å²) in [5.74, 6) is 6.30. The number of nitrogens with zero attached hydrogens (tertiary/aromatic N) is 9. The molecule has 0 spiro atoms. The molecule has 4 aliphatic rings. The Kier molecular flexibility index (Phi) is 8.31. The first kappa shape index (κ1) is 38.5. The van der Waals surface area contributed by atoms with Crippen LogP contribution in [0.4, 0.5) is 45.9 Å². The van der Waals surface area contributed by atoms with Crippen molar-refractivity contribution in [1.29, 1.82) is 0 Å². The van der Waals surface area contributed by atoms with Gasteiger partial charge in [0.15, 0.2) is 57.4 Å². The second-order valence-electron chi connectivity index (χ2n) is 18.3. The molecular weight excluding hydrogens is 823 g/mol. The van der Waals surface area contributed by atoms with Crippen LogP contribution < -0.4 is 28.9 Å². The Bertz CT molecular complexity index is 3330. The fourth-order valence-electron chi connectivity index (χ4n) is 10.4. The predicted octanol–water partition coefficient (Wildman–Crippen LogP) is 13.5. The average molecular weight is 870 g/mol. The molecule has 2 atom stereocenters. The molecule has 1 aliphatic carbocycles. The molecule has 3 aliphatic heterocycles. The first-order valence-corrected chi connectivity index (χ1v) is 22.9. The lowest BCUT2D eigenvalue weighted by Gasteiger charge is -2.41. The highest BCUT2D eigenvalue weighted by Gasteiger charge is 2.41. The molecule has 0 radical (unpaired) electrons. The van der Waals surface area contributed by atoms with Crippen molar-refractivity contribution in [3.8, 4) is 28.7 Å². The molecule has 13 rings (SSSR count). The molecule has 0 saturated heterocycles. The van der Waals surface area contributed by atoms with Gasteiger partial charge in [-0.3, -0.25) is 9.80 Å². The van der Waals surface area contributed by atoms with Gasteiger partial charge in [-0.05, 0) is 84.5 Å². The van der Waals surface area contributed by atoms with E-state index < -0.39 is 0 Å². The zero-order chi connectivity index (χ0) is 44.5. The summed E-state index contributed by atoms with van der Waals surface area (Å²) in [5.41, 5.74) is 10.3. The maximum absolute atomic E-state index is 6.67. The summed E-state index contributed by atoms with van der Waals surface area (Å²) < 4.78 is 26.1. The molecular formula is C54H47N9O3. The third-order valence-corrected chi connectivity index (χ3v) is 13.2. The zero-order valence-electron chi connectivity index (χ0n) is 37.5. The molecule has 0 amide bonds. The largest absolute Gasteiger partial charge is 0.482 e. The highest BCUT2D eigenvalue weighted by molar-refractivity contribution is 5.92. The lowest BCUT2D eigenvalue weighted by molar-refractivity contribution is 0.217. The smallest absolute Gasteiger partial charge is 0.167 e. The van der Waals surface area contributed by atoms with Crippen LogP contribution in [0.1, 0.15) is 76.0 Å². The number of aromatic nitrogens is 6. The van der Waals surface area contributed by atoms with Crippen LogP contribution in [-0.2, 0) is 0 Å². The number of rotatable bonds is 6. The summed E-state index contributed by atoms with van der Waals surface area (Å²) in [6.07, 6.45) is 8.32. The normalized spacial score (nSPS) is 16.9. The maximum Gasteiger partial charge on any atom is 0.167 e. The van der Waals surface area contributed by atoms with E-state index in [4.69, 9.17) is 29.5 Å². The van der Waals surface area contributed by atoms with Crippen LogP contribution in [0.25, 0.3) is 16.9 Å². The molecule has 2 unspecified atom stereocenters. The maximum atomic E-state index is 6.67. The van der Waals surface area contributed by atoms with E-state index in [1.165, 1.54) is 0 Å². The lowest BCUT2D eigenvalue weighted by Crippen LogP contribution is -2.46. The second kappa shape index (κ2) is 14.3. The molecule has 0 saturated carbocycles. The SMILES string of the molecule is CC(C)c1c(N2c3ccccc3Oc3ccccc32)nn2c1n1nc(N3c4ccccc4Oc4ccccc43)c(C(C)C)c1n1nc(N3c4ccccc4OC4C=CC=CC43)c(C(C)C)c21. The minimum Gasteiger partial charge on any atom is -0.482 e. The van der Waals surface area contributed by atoms with Crippen molar-refractivity contribution in [3.05, 3.63) is 162 Å². The van der Waals surface area contributed by atoms with Gasteiger partial charge in [0.25, 0.3) is 0 Å². The fourth-order valence-corrected chi connectivity index (χ4v) is 10.4. The zero-order valence-corrected chi connectivity index (χ0v) is 37.5. The van der Waals surface area contributed by atoms with Gasteiger partial charge in [0.05, 0.1) is 34.5 Å². The van der Waals surface area contributed by atoms with Crippen molar-refractivity contribution >= 4 is 62.8 Å².